The van der Waals surface area contributed by atoms with Crippen LogP contribution in [0.2, 0.25) is 0 Å². The smallest absolute Gasteiger partial charge is 0.410 e. The Kier molecular flexibility index (Phi) is 7.70. The Morgan fingerprint density at radius 1 is 1.07 bits per heavy atom. The summed E-state index contributed by atoms with van der Waals surface area (Å²) in [5.41, 5.74) is -0.229. The van der Waals surface area contributed by atoms with E-state index in [9.17, 15) is 18.0 Å². The Morgan fingerprint density at radius 2 is 1.63 bits per heavy atom. The first-order valence-electron chi connectivity index (χ1n) is 9.51. The van der Waals surface area contributed by atoms with E-state index in [1.54, 1.807) is 45.0 Å². The predicted molar refractivity (Wildman–Crippen MR) is 109 cm³/mol. The van der Waals surface area contributed by atoms with Gasteiger partial charge in [-0.15, -0.1) is 0 Å². The van der Waals surface area contributed by atoms with Gasteiger partial charge in [-0.2, -0.15) is 8.42 Å². The van der Waals surface area contributed by atoms with E-state index in [0.717, 1.165) is 6.26 Å². The average Bonchev–Trinajstić information content (AvgIpc) is 3.06. The van der Waals surface area contributed by atoms with Gasteiger partial charge in [0.05, 0.1) is 32.1 Å². The van der Waals surface area contributed by atoms with Crippen molar-refractivity contribution in [3.63, 3.8) is 0 Å². The monoisotopic (exact) mass is 443 g/mol. The van der Waals surface area contributed by atoms with Gasteiger partial charge in [-0.05, 0) is 45.0 Å². The largest absolute Gasteiger partial charge is 0.493 e. The van der Waals surface area contributed by atoms with Crippen LogP contribution in [-0.2, 0) is 23.8 Å². The second kappa shape index (κ2) is 9.65. The quantitative estimate of drug-likeness (QED) is 0.467. The lowest BCUT2D eigenvalue weighted by atomic mass is 9.98. The van der Waals surface area contributed by atoms with Crippen LogP contribution >= 0.6 is 0 Å². The number of rotatable bonds is 7. The van der Waals surface area contributed by atoms with Gasteiger partial charge >= 0.3 is 12.1 Å². The SMILES string of the molecule is COC(=O)c1ccc(OC[C@H]2CN(C(=O)OC(C)(C)C)C[C@@H]2COS(C)(=O)=O)cc1. The van der Waals surface area contributed by atoms with Crippen molar-refractivity contribution in [2.24, 2.45) is 11.8 Å². The molecule has 0 aliphatic carbocycles. The summed E-state index contributed by atoms with van der Waals surface area (Å²) in [6, 6.07) is 6.48. The van der Waals surface area contributed by atoms with E-state index in [2.05, 4.69) is 4.74 Å². The van der Waals surface area contributed by atoms with Crippen LogP contribution < -0.4 is 4.74 Å². The van der Waals surface area contributed by atoms with Crippen molar-refractivity contribution >= 4 is 22.2 Å². The zero-order chi connectivity index (χ0) is 22.5. The van der Waals surface area contributed by atoms with Crippen LogP contribution in [0.25, 0.3) is 0 Å². The Hall–Kier alpha value is -2.33. The summed E-state index contributed by atoms with van der Waals surface area (Å²) in [5, 5.41) is 0. The standard InChI is InChI=1S/C20H29NO8S/c1-20(2,3)29-19(23)21-10-15(16(11-21)13-28-30(5,24)25)12-27-17-8-6-14(7-9-17)18(22)26-4/h6-9,15-16H,10-13H2,1-5H3/t15-,16-/m1/s1. The number of methoxy groups -OCH3 is 1. The van der Waals surface area contributed by atoms with Gasteiger partial charge in [0.25, 0.3) is 10.1 Å². The zero-order valence-electron chi connectivity index (χ0n) is 17.9. The third-order valence-corrected chi connectivity index (χ3v) is 5.03. The van der Waals surface area contributed by atoms with E-state index in [0.29, 0.717) is 24.4 Å². The number of amides is 1. The van der Waals surface area contributed by atoms with Gasteiger partial charge in [-0.1, -0.05) is 0 Å². The average molecular weight is 444 g/mol. The second-order valence-corrected chi connectivity index (χ2v) is 9.87. The summed E-state index contributed by atoms with van der Waals surface area (Å²) in [4.78, 5) is 25.5. The summed E-state index contributed by atoms with van der Waals surface area (Å²) in [5.74, 6) is -0.286. The lowest BCUT2D eigenvalue weighted by Gasteiger charge is -2.24. The first kappa shape index (κ1) is 23.9. The van der Waals surface area contributed by atoms with Crippen LogP contribution in [0.15, 0.2) is 24.3 Å². The van der Waals surface area contributed by atoms with Gasteiger partial charge in [0.15, 0.2) is 0 Å². The summed E-state index contributed by atoms with van der Waals surface area (Å²) < 4.78 is 43.6. The molecule has 1 amide bonds. The third-order valence-electron chi connectivity index (χ3n) is 4.46. The predicted octanol–water partition coefficient (Wildman–Crippen LogP) is 2.31. The van der Waals surface area contributed by atoms with Crippen molar-refractivity contribution in [2.75, 3.05) is 39.7 Å². The number of benzene rings is 1. The van der Waals surface area contributed by atoms with Crippen molar-refractivity contribution in [2.45, 2.75) is 26.4 Å². The summed E-state index contributed by atoms with van der Waals surface area (Å²) in [7, 11) is -2.30. The van der Waals surface area contributed by atoms with E-state index in [1.807, 2.05) is 0 Å². The number of hydrogen-bond acceptors (Lipinski definition) is 8. The van der Waals surface area contributed by atoms with Crippen LogP contribution in [0.5, 0.6) is 5.75 Å². The maximum absolute atomic E-state index is 12.4. The molecule has 0 unspecified atom stereocenters. The van der Waals surface area contributed by atoms with Crippen molar-refractivity contribution in [3.05, 3.63) is 29.8 Å². The molecule has 2 atom stereocenters. The normalized spacial score (nSPS) is 19.4. The van der Waals surface area contributed by atoms with Crippen LogP contribution in [0, 0.1) is 11.8 Å². The molecule has 2 rings (SSSR count). The van der Waals surface area contributed by atoms with E-state index in [1.165, 1.54) is 12.0 Å². The van der Waals surface area contributed by atoms with Crippen LogP contribution in [0.4, 0.5) is 4.79 Å². The molecule has 0 aromatic heterocycles. The van der Waals surface area contributed by atoms with Gasteiger partial charge in [-0.25, -0.2) is 9.59 Å². The number of carbonyl (C=O) groups is 2. The maximum Gasteiger partial charge on any atom is 0.410 e. The fraction of sp³-hybridized carbons (Fsp3) is 0.600. The molecule has 1 aliphatic heterocycles. The fourth-order valence-corrected chi connectivity index (χ4v) is 3.43. The fourth-order valence-electron chi connectivity index (χ4n) is 3.01. The molecule has 1 heterocycles. The zero-order valence-corrected chi connectivity index (χ0v) is 18.7. The molecular formula is C20H29NO8S. The molecule has 1 aromatic rings. The number of nitrogens with zero attached hydrogens (tertiary/aromatic N) is 1. The second-order valence-electron chi connectivity index (χ2n) is 8.22. The molecule has 0 radical (unpaired) electrons. The Morgan fingerprint density at radius 3 is 2.13 bits per heavy atom. The van der Waals surface area contributed by atoms with Crippen molar-refractivity contribution in [1.29, 1.82) is 0 Å². The topological polar surface area (TPSA) is 108 Å². The lowest BCUT2D eigenvalue weighted by Crippen LogP contribution is -2.36. The van der Waals surface area contributed by atoms with Gasteiger partial charge in [0, 0.05) is 24.9 Å². The van der Waals surface area contributed by atoms with Crippen molar-refractivity contribution in [3.8, 4) is 5.75 Å². The molecule has 1 aromatic carbocycles. The Labute approximate surface area is 177 Å². The third kappa shape index (κ3) is 7.49. The van der Waals surface area contributed by atoms with Crippen LogP contribution in [-0.4, -0.2) is 70.7 Å². The minimum absolute atomic E-state index is 0.0482. The molecule has 1 saturated heterocycles. The highest BCUT2D eigenvalue weighted by molar-refractivity contribution is 7.85. The van der Waals surface area contributed by atoms with Gasteiger partial charge in [-0.3, -0.25) is 4.18 Å². The molecular weight excluding hydrogens is 414 g/mol. The van der Waals surface area contributed by atoms with Crippen LogP contribution in [0.3, 0.4) is 0 Å². The van der Waals surface area contributed by atoms with Crippen molar-refractivity contribution in [1.82, 2.24) is 4.90 Å². The number of carbonyl (C=O) groups excluding carboxylic acids is 2. The highest BCUT2D eigenvalue weighted by atomic mass is 32.2. The molecule has 0 N–H and O–H groups in total. The van der Waals surface area contributed by atoms with Crippen molar-refractivity contribution < 1.29 is 36.4 Å². The molecule has 1 aliphatic rings. The first-order valence-corrected chi connectivity index (χ1v) is 11.3. The first-order chi connectivity index (χ1) is 13.9. The van der Waals surface area contributed by atoms with Crippen LogP contribution in [0.1, 0.15) is 31.1 Å². The molecule has 0 bridgehead atoms. The molecule has 1 fully saturated rings. The van der Waals surface area contributed by atoms with E-state index in [-0.39, 0.29) is 25.0 Å². The van der Waals surface area contributed by atoms with E-state index in [4.69, 9.17) is 13.7 Å². The highest BCUT2D eigenvalue weighted by Gasteiger charge is 2.38. The minimum atomic E-state index is -3.60. The molecule has 168 valence electrons. The summed E-state index contributed by atoms with van der Waals surface area (Å²) >= 11 is 0. The van der Waals surface area contributed by atoms with E-state index < -0.39 is 27.8 Å². The molecule has 0 saturated carbocycles. The van der Waals surface area contributed by atoms with Gasteiger partial charge in [0.2, 0.25) is 0 Å². The maximum atomic E-state index is 12.4. The number of esters is 1. The van der Waals surface area contributed by atoms with Gasteiger partial charge < -0.3 is 19.1 Å². The Balaban J connectivity index is 2.03. The molecule has 30 heavy (non-hydrogen) atoms. The number of ether oxygens (including phenoxy) is 3. The summed E-state index contributed by atoms with van der Waals surface area (Å²) in [6.07, 6.45) is 0.527. The minimum Gasteiger partial charge on any atom is -0.493 e. The molecule has 10 heteroatoms. The molecule has 9 nitrogen and oxygen atoms in total. The Bertz CT molecular complexity index is 845. The highest BCUT2D eigenvalue weighted by Crippen LogP contribution is 2.27. The van der Waals surface area contributed by atoms with Gasteiger partial charge in [0.1, 0.15) is 11.4 Å². The van der Waals surface area contributed by atoms with E-state index >= 15 is 0 Å². The lowest BCUT2D eigenvalue weighted by molar-refractivity contribution is 0.0280. The molecule has 0 spiro atoms. The summed E-state index contributed by atoms with van der Waals surface area (Å²) in [6.45, 7) is 6.20. The number of likely N-dealkylation sites (tertiary alicyclic amines) is 1. The number of hydrogen-bond donors (Lipinski definition) is 0.